The number of hydrogen-bond donors (Lipinski definition) is 2. The molecule has 0 spiro atoms. The van der Waals surface area contributed by atoms with Crippen LogP contribution in [0.2, 0.25) is 0 Å². The Kier molecular flexibility index (Phi) is 3.54. The van der Waals surface area contributed by atoms with Crippen molar-refractivity contribution < 1.29 is 0 Å². The summed E-state index contributed by atoms with van der Waals surface area (Å²) in [4.78, 5) is 5.14. The van der Waals surface area contributed by atoms with Crippen LogP contribution in [0.5, 0.6) is 0 Å². The maximum atomic E-state index is 8.80. The van der Waals surface area contributed by atoms with Gasteiger partial charge in [-0.1, -0.05) is 0 Å². The van der Waals surface area contributed by atoms with Crippen LogP contribution < -0.4 is 10.6 Å². The highest BCUT2D eigenvalue weighted by Crippen LogP contribution is 2.23. The highest BCUT2D eigenvalue weighted by atomic mass is 15.1. The van der Waals surface area contributed by atoms with E-state index in [0.29, 0.717) is 11.3 Å². The number of likely N-dealkylation sites (N-methyl/N-ethyl adjacent to an activating group) is 1. The average Bonchev–Trinajstić information content (AvgIpc) is 2.88. The standard InChI is InChI=1S/C14H16N4/c1-18(7-5-11-4-6-17-10-11)14-3-2-12(9-15)8-13(14)16/h2-4,6,8,10,17H,5,7,16H2,1H3. The summed E-state index contributed by atoms with van der Waals surface area (Å²) < 4.78 is 0. The Bertz CT molecular complexity index is 552. The van der Waals surface area contributed by atoms with Crippen molar-refractivity contribution >= 4 is 11.4 Å². The molecule has 0 aliphatic rings. The van der Waals surface area contributed by atoms with Gasteiger partial charge in [0.2, 0.25) is 0 Å². The number of nitrogen functional groups attached to an aromatic ring is 1. The maximum Gasteiger partial charge on any atom is 0.0992 e. The molecule has 0 bridgehead atoms. The van der Waals surface area contributed by atoms with Gasteiger partial charge in [0.05, 0.1) is 23.0 Å². The molecular formula is C14H16N4. The lowest BCUT2D eigenvalue weighted by Crippen LogP contribution is -2.21. The Hall–Kier alpha value is -2.41. The Morgan fingerprint density at radius 3 is 2.83 bits per heavy atom. The van der Waals surface area contributed by atoms with Gasteiger partial charge in [0.1, 0.15) is 0 Å². The number of nitrogens with one attached hydrogen (secondary N) is 1. The number of anilines is 2. The highest BCUT2D eigenvalue weighted by Gasteiger charge is 2.06. The quantitative estimate of drug-likeness (QED) is 0.804. The Morgan fingerprint density at radius 1 is 1.39 bits per heavy atom. The number of nitriles is 1. The normalized spacial score (nSPS) is 10.0. The van der Waals surface area contributed by atoms with E-state index in [1.807, 2.05) is 25.5 Å². The summed E-state index contributed by atoms with van der Waals surface area (Å²) >= 11 is 0. The maximum absolute atomic E-state index is 8.80. The summed E-state index contributed by atoms with van der Waals surface area (Å²) in [6.07, 6.45) is 4.88. The predicted octanol–water partition coefficient (Wildman–Crippen LogP) is 2.15. The first-order valence-corrected chi connectivity index (χ1v) is 5.83. The number of nitrogens with zero attached hydrogens (tertiary/aromatic N) is 2. The number of aromatic amines is 1. The van der Waals surface area contributed by atoms with Crippen LogP contribution in [-0.4, -0.2) is 18.6 Å². The van der Waals surface area contributed by atoms with Crippen molar-refractivity contribution in [1.29, 1.82) is 5.26 Å². The van der Waals surface area contributed by atoms with Crippen LogP contribution >= 0.6 is 0 Å². The molecule has 0 aliphatic carbocycles. The first kappa shape index (κ1) is 12.1. The van der Waals surface area contributed by atoms with Gasteiger partial charge >= 0.3 is 0 Å². The molecule has 18 heavy (non-hydrogen) atoms. The van der Waals surface area contributed by atoms with Crippen molar-refractivity contribution in [2.45, 2.75) is 6.42 Å². The van der Waals surface area contributed by atoms with Gasteiger partial charge < -0.3 is 15.6 Å². The average molecular weight is 240 g/mol. The van der Waals surface area contributed by atoms with Crippen LogP contribution in [0.1, 0.15) is 11.1 Å². The van der Waals surface area contributed by atoms with Crippen LogP contribution in [0.4, 0.5) is 11.4 Å². The molecule has 0 aliphatic heterocycles. The molecule has 0 unspecified atom stereocenters. The predicted molar refractivity (Wildman–Crippen MR) is 73.3 cm³/mol. The van der Waals surface area contributed by atoms with Crippen molar-refractivity contribution in [3.8, 4) is 6.07 Å². The molecule has 0 fully saturated rings. The molecule has 1 aromatic carbocycles. The Balaban J connectivity index is 2.05. The van der Waals surface area contributed by atoms with Gasteiger partial charge in [-0.05, 0) is 36.2 Å². The highest BCUT2D eigenvalue weighted by molar-refractivity contribution is 5.69. The van der Waals surface area contributed by atoms with E-state index in [2.05, 4.69) is 22.0 Å². The Labute approximate surface area is 107 Å². The molecule has 0 saturated heterocycles. The lowest BCUT2D eigenvalue weighted by atomic mass is 10.1. The second kappa shape index (κ2) is 5.28. The van der Waals surface area contributed by atoms with E-state index in [9.17, 15) is 0 Å². The van der Waals surface area contributed by atoms with E-state index in [4.69, 9.17) is 11.0 Å². The number of nitrogens with two attached hydrogens (primary N) is 1. The van der Waals surface area contributed by atoms with E-state index in [0.717, 1.165) is 18.7 Å². The van der Waals surface area contributed by atoms with E-state index in [1.165, 1.54) is 5.56 Å². The number of H-pyrrole nitrogens is 1. The molecular weight excluding hydrogens is 224 g/mol. The lowest BCUT2D eigenvalue weighted by Gasteiger charge is -2.20. The summed E-state index contributed by atoms with van der Waals surface area (Å²) in [5.41, 5.74) is 9.42. The minimum atomic E-state index is 0.593. The molecule has 1 aromatic heterocycles. The van der Waals surface area contributed by atoms with Crippen LogP contribution in [0.15, 0.2) is 36.7 Å². The van der Waals surface area contributed by atoms with E-state index >= 15 is 0 Å². The fraction of sp³-hybridized carbons (Fsp3) is 0.214. The van der Waals surface area contributed by atoms with Crippen molar-refractivity contribution in [2.24, 2.45) is 0 Å². The van der Waals surface area contributed by atoms with Gasteiger partial charge in [0.15, 0.2) is 0 Å². The van der Waals surface area contributed by atoms with Crippen molar-refractivity contribution in [3.63, 3.8) is 0 Å². The van der Waals surface area contributed by atoms with Crippen molar-refractivity contribution in [2.75, 3.05) is 24.2 Å². The summed E-state index contributed by atoms with van der Waals surface area (Å²) in [7, 11) is 2.00. The third-order valence-corrected chi connectivity index (χ3v) is 2.97. The molecule has 2 aromatic rings. The molecule has 0 amide bonds. The van der Waals surface area contributed by atoms with Crippen molar-refractivity contribution in [1.82, 2.24) is 4.98 Å². The fourth-order valence-corrected chi connectivity index (χ4v) is 1.90. The fourth-order valence-electron chi connectivity index (χ4n) is 1.90. The van der Waals surface area contributed by atoms with E-state index in [1.54, 1.807) is 12.1 Å². The van der Waals surface area contributed by atoms with Gasteiger partial charge in [-0.2, -0.15) is 5.26 Å². The molecule has 0 atom stereocenters. The van der Waals surface area contributed by atoms with Crippen LogP contribution in [0, 0.1) is 11.3 Å². The second-order valence-corrected chi connectivity index (χ2v) is 4.28. The van der Waals surface area contributed by atoms with E-state index < -0.39 is 0 Å². The third-order valence-electron chi connectivity index (χ3n) is 2.97. The minimum absolute atomic E-state index is 0.593. The number of benzene rings is 1. The zero-order valence-electron chi connectivity index (χ0n) is 10.4. The zero-order valence-corrected chi connectivity index (χ0v) is 10.4. The smallest absolute Gasteiger partial charge is 0.0992 e. The molecule has 1 heterocycles. The first-order chi connectivity index (χ1) is 8.70. The number of rotatable bonds is 4. The molecule has 2 rings (SSSR count). The number of aromatic nitrogens is 1. The van der Waals surface area contributed by atoms with Crippen LogP contribution in [-0.2, 0) is 6.42 Å². The SMILES string of the molecule is CN(CCc1cc[nH]c1)c1ccc(C#N)cc1N. The van der Waals surface area contributed by atoms with Crippen molar-refractivity contribution in [3.05, 3.63) is 47.8 Å². The molecule has 0 saturated carbocycles. The topological polar surface area (TPSA) is 68.8 Å². The van der Waals surface area contributed by atoms with Crippen LogP contribution in [0.25, 0.3) is 0 Å². The van der Waals surface area contributed by atoms with Gasteiger partial charge in [-0.25, -0.2) is 0 Å². The minimum Gasteiger partial charge on any atom is -0.397 e. The first-order valence-electron chi connectivity index (χ1n) is 5.83. The van der Waals surface area contributed by atoms with Crippen LogP contribution in [0.3, 0.4) is 0 Å². The van der Waals surface area contributed by atoms with E-state index in [-0.39, 0.29) is 0 Å². The molecule has 0 radical (unpaired) electrons. The summed E-state index contributed by atoms with van der Waals surface area (Å²) in [5, 5.41) is 8.80. The summed E-state index contributed by atoms with van der Waals surface area (Å²) in [6.45, 7) is 0.883. The summed E-state index contributed by atoms with van der Waals surface area (Å²) in [5.74, 6) is 0. The zero-order chi connectivity index (χ0) is 13.0. The Morgan fingerprint density at radius 2 is 2.22 bits per heavy atom. The molecule has 4 heteroatoms. The van der Waals surface area contributed by atoms with Gasteiger partial charge in [-0.3, -0.25) is 0 Å². The second-order valence-electron chi connectivity index (χ2n) is 4.28. The summed E-state index contributed by atoms with van der Waals surface area (Å²) in [6, 6.07) is 9.55. The van der Waals surface area contributed by atoms with Gasteiger partial charge in [0.25, 0.3) is 0 Å². The monoisotopic (exact) mass is 240 g/mol. The van der Waals surface area contributed by atoms with Gasteiger partial charge in [-0.15, -0.1) is 0 Å². The lowest BCUT2D eigenvalue weighted by molar-refractivity contribution is 0.879. The number of hydrogen-bond acceptors (Lipinski definition) is 3. The molecule has 4 nitrogen and oxygen atoms in total. The third kappa shape index (κ3) is 2.64. The largest absolute Gasteiger partial charge is 0.397 e. The molecule has 92 valence electrons. The van der Waals surface area contributed by atoms with Gasteiger partial charge in [0, 0.05) is 26.0 Å². The molecule has 3 N–H and O–H groups in total.